The van der Waals surface area contributed by atoms with Crippen LogP contribution in [0.15, 0.2) is 84.9 Å². The molecule has 7 heteroatoms. The summed E-state index contributed by atoms with van der Waals surface area (Å²) in [6.45, 7) is 6.63. The van der Waals surface area contributed by atoms with Crippen LogP contribution in [0.2, 0.25) is 0 Å². The molecule has 4 aromatic carbocycles. The van der Waals surface area contributed by atoms with Crippen molar-refractivity contribution in [2.24, 2.45) is 0 Å². The van der Waals surface area contributed by atoms with Crippen molar-refractivity contribution >= 4 is 23.2 Å². The molecule has 1 heterocycles. The Kier molecular flexibility index (Phi) is 7.79. The highest BCUT2D eigenvalue weighted by Crippen LogP contribution is 2.43. The zero-order valence-corrected chi connectivity index (χ0v) is 23.9. The molecule has 1 fully saturated rings. The lowest BCUT2D eigenvalue weighted by molar-refractivity contribution is 0.0188. The van der Waals surface area contributed by atoms with E-state index in [0.29, 0.717) is 30.2 Å². The molecule has 6 N–H and O–H groups in total. The summed E-state index contributed by atoms with van der Waals surface area (Å²) in [5, 5.41) is 0. The lowest BCUT2D eigenvalue weighted by atomic mass is 9.91. The Labute approximate surface area is 241 Å². The van der Waals surface area contributed by atoms with E-state index in [1.165, 1.54) is 0 Å². The molecule has 1 saturated heterocycles. The third-order valence-corrected chi connectivity index (χ3v) is 7.20. The Morgan fingerprint density at radius 2 is 1.22 bits per heavy atom. The van der Waals surface area contributed by atoms with E-state index < -0.39 is 5.60 Å². The molecule has 5 rings (SSSR count). The molecule has 1 atom stereocenters. The zero-order chi connectivity index (χ0) is 29.1. The van der Waals surface area contributed by atoms with E-state index in [2.05, 4.69) is 12.1 Å². The predicted octanol–water partition coefficient (Wildman–Crippen LogP) is 7.21. The van der Waals surface area contributed by atoms with Gasteiger partial charge in [0.05, 0.1) is 6.04 Å². The number of likely N-dealkylation sites (tertiary alicyclic amines) is 1. The average molecular weight is 551 g/mol. The smallest absolute Gasteiger partial charge is 0.410 e. The standard InChI is InChI=1S/C34H38N4O3/c1-34(2,3)41-33(39)38-18-4-5-29(38)21-40-32-30(23-8-14-27(36)15-9-23)19-25(22-6-12-26(35)13-7-22)20-31(32)24-10-16-28(37)17-11-24/h6-17,19-20,29H,4-5,18,21,35-37H2,1-3H3/t29-/m0/s1. The van der Waals surface area contributed by atoms with Crippen molar-refractivity contribution in [2.75, 3.05) is 30.4 Å². The van der Waals surface area contributed by atoms with Gasteiger partial charge in [-0.05, 0) is 104 Å². The molecule has 0 radical (unpaired) electrons. The van der Waals surface area contributed by atoms with Crippen LogP contribution in [-0.4, -0.2) is 35.8 Å². The van der Waals surface area contributed by atoms with Gasteiger partial charge in [0, 0.05) is 34.7 Å². The summed E-state index contributed by atoms with van der Waals surface area (Å²) in [7, 11) is 0. The minimum atomic E-state index is -0.562. The van der Waals surface area contributed by atoms with Gasteiger partial charge in [-0.2, -0.15) is 0 Å². The van der Waals surface area contributed by atoms with Gasteiger partial charge in [-0.1, -0.05) is 36.4 Å². The van der Waals surface area contributed by atoms with Crippen LogP contribution in [-0.2, 0) is 4.74 Å². The quantitative estimate of drug-likeness (QED) is 0.218. The number of nitrogens with zero attached hydrogens (tertiary/aromatic N) is 1. The molecule has 1 amide bonds. The van der Waals surface area contributed by atoms with Crippen molar-refractivity contribution in [3.63, 3.8) is 0 Å². The molecular weight excluding hydrogens is 512 g/mol. The lowest BCUT2D eigenvalue weighted by Crippen LogP contribution is -2.42. The second-order valence-electron chi connectivity index (χ2n) is 11.5. The van der Waals surface area contributed by atoms with Crippen molar-refractivity contribution in [2.45, 2.75) is 45.3 Å². The number of nitrogens with two attached hydrogens (primary N) is 3. The molecule has 0 unspecified atom stereocenters. The third kappa shape index (κ3) is 6.57. The Hall–Kier alpha value is -4.65. The third-order valence-electron chi connectivity index (χ3n) is 7.20. The summed E-state index contributed by atoms with van der Waals surface area (Å²) in [5.41, 5.74) is 25.4. The van der Waals surface area contributed by atoms with Gasteiger partial charge >= 0.3 is 6.09 Å². The van der Waals surface area contributed by atoms with Crippen LogP contribution in [0.3, 0.4) is 0 Å². The minimum absolute atomic E-state index is 0.0971. The number of benzene rings is 4. The van der Waals surface area contributed by atoms with Crippen LogP contribution in [0.5, 0.6) is 5.75 Å². The summed E-state index contributed by atoms with van der Waals surface area (Å²) in [4.78, 5) is 14.8. The van der Waals surface area contributed by atoms with Gasteiger partial charge in [0.15, 0.2) is 0 Å². The van der Waals surface area contributed by atoms with Gasteiger partial charge in [0.2, 0.25) is 0 Å². The van der Waals surface area contributed by atoms with E-state index >= 15 is 0 Å². The first kappa shape index (κ1) is 27.9. The first-order valence-corrected chi connectivity index (χ1v) is 14.0. The topological polar surface area (TPSA) is 117 Å². The molecule has 0 spiro atoms. The van der Waals surface area contributed by atoms with Crippen LogP contribution in [0.4, 0.5) is 21.9 Å². The summed E-state index contributed by atoms with van der Waals surface area (Å²) >= 11 is 0. The molecule has 4 aromatic rings. The van der Waals surface area contributed by atoms with E-state index in [0.717, 1.165) is 52.0 Å². The molecule has 1 aliphatic heterocycles. The van der Waals surface area contributed by atoms with Crippen molar-refractivity contribution in [3.8, 4) is 39.1 Å². The molecule has 0 aliphatic carbocycles. The number of ether oxygens (including phenoxy) is 2. The number of hydrogen-bond donors (Lipinski definition) is 3. The largest absolute Gasteiger partial charge is 0.490 e. The Morgan fingerprint density at radius 1 is 0.756 bits per heavy atom. The second-order valence-corrected chi connectivity index (χ2v) is 11.5. The molecule has 1 aliphatic rings. The zero-order valence-electron chi connectivity index (χ0n) is 23.9. The molecule has 0 bridgehead atoms. The van der Waals surface area contributed by atoms with Crippen molar-refractivity contribution in [3.05, 3.63) is 84.9 Å². The Morgan fingerprint density at radius 3 is 1.68 bits per heavy atom. The molecule has 0 saturated carbocycles. The van der Waals surface area contributed by atoms with Gasteiger partial charge in [0.25, 0.3) is 0 Å². The van der Waals surface area contributed by atoms with Crippen LogP contribution in [0.25, 0.3) is 33.4 Å². The summed E-state index contributed by atoms with van der Waals surface area (Å²) in [5.74, 6) is 0.731. The first-order valence-electron chi connectivity index (χ1n) is 14.0. The molecule has 0 aromatic heterocycles. The average Bonchev–Trinajstić information content (AvgIpc) is 3.41. The number of nitrogen functional groups attached to an aromatic ring is 3. The molecule has 41 heavy (non-hydrogen) atoms. The maximum Gasteiger partial charge on any atom is 0.410 e. The van der Waals surface area contributed by atoms with E-state index in [9.17, 15) is 4.79 Å². The second kappa shape index (κ2) is 11.5. The van der Waals surface area contributed by atoms with E-state index in [1.807, 2.05) is 93.6 Å². The van der Waals surface area contributed by atoms with Gasteiger partial charge in [-0.3, -0.25) is 0 Å². The molecule has 7 nitrogen and oxygen atoms in total. The Balaban J connectivity index is 1.60. The SMILES string of the molecule is CC(C)(C)OC(=O)N1CCC[C@H]1COc1c(-c2ccc(N)cc2)cc(-c2ccc(N)cc2)cc1-c1ccc(N)cc1. The number of hydrogen-bond acceptors (Lipinski definition) is 6. The lowest BCUT2D eigenvalue weighted by Gasteiger charge is -2.29. The van der Waals surface area contributed by atoms with Crippen LogP contribution in [0.1, 0.15) is 33.6 Å². The normalized spacial score (nSPS) is 15.1. The summed E-state index contributed by atoms with van der Waals surface area (Å²) < 4.78 is 12.4. The van der Waals surface area contributed by atoms with Gasteiger partial charge < -0.3 is 31.6 Å². The first-order chi connectivity index (χ1) is 19.6. The van der Waals surface area contributed by atoms with E-state index in [4.69, 9.17) is 26.7 Å². The van der Waals surface area contributed by atoms with Crippen molar-refractivity contribution in [1.29, 1.82) is 0 Å². The van der Waals surface area contributed by atoms with Crippen molar-refractivity contribution < 1.29 is 14.3 Å². The number of anilines is 3. The van der Waals surface area contributed by atoms with E-state index in [1.54, 1.807) is 4.90 Å². The summed E-state index contributed by atoms with van der Waals surface area (Å²) in [6, 6.07) is 27.5. The summed E-state index contributed by atoms with van der Waals surface area (Å²) in [6.07, 6.45) is 1.44. The fourth-order valence-corrected chi connectivity index (χ4v) is 5.13. The van der Waals surface area contributed by atoms with Crippen LogP contribution in [0, 0.1) is 0 Å². The number of amides is 1. The highest BCUT2D eigenvalue weighted by atomic mass is 16.6. The molecule has 212 valence electrons. The number of carbonyl (C=O) groups excluding carboxylic acids is 1. The number of carbonyl (C=O) groups is 1. The fourth-order valence-electron chi connectivity index (χ4n) is 5.13. The minimum Gasteiger partial charge on any atom is -0.490 e. The van der Waals surface area contributed by atoms with Gasteiger partial charge in [-0.15, -0.1) is 0 Å². The van der Waals surface area contributed by atoms with Gasteiger partial charge in [-0.25, -0.2) is 4.79 Å². The fraction of sp³-hybridized carbons (Fsp3) is 0.265. The maximum atomic E-state index is 13.0. The van der Waals surface area contributed by atoms with Crippen LogP contribution >= 0.6 is 0 Å². The van der Waals surface area contributed by atoms with Crippen LogP contribution < -0.4 is 21.9 Å². The Bertz CT molecular complexity index is 1440. The van der Waals surface area contributed by atoms with E-state index in [-0.39, 0.29) is 12.1 Å². The number of rotatable bonds is 6. The monoisotopic (exact) mass is 550 g/mol. The van der Waals surface area contributed by atoms with Crippen molar-refractivity contribution in [1.82, 2.24) is 4.90 Å². The highest BCUT2D eigenvalue weighted by molar-refractivity contribution is 5.88. The molecular formula is C34H38N4O3. The highest BCUT2D eigenvalue weighted by Gasteiger charge is 2.33. The predicted molar refractivity (Wildman–Crippen MR) is 167 cm³/mol. The maximum absolute atomic E-state index is 13.0. The van der Waals surface area contributed by atoms with Gasteiger partial charge in [0.1, 0.15) is 18.0 Å².